The van der Waals surface area contributed by atoms with Crippen LogP contribution >= 0.6 is 0 Å². The molecule has 8 nitrogen and oxygen atoms in total. The molecule has 3 aliphatic heterocycles. The third-order valence-electron chi connectivity index (χ3n) is 5.54. The van der Waals surface area contributed by atoms with Crippen LogP contribution in [0.5, 0.6) is 11.5 Å². The van der Waals surface area contributed by atoms with Gasteiger partial charge in [0.15, 0.2) is 17.3 Å². The van der Waals surface area contributed by atoms with Crippen molar-refractivity contribution in [2.75, 3.05) is 19.8 Å². The molecule has 2 aromatic carbocycles. The molecule has 30 heavy (non-hydrogen) atoms. The molecule has 1 fully saturated rings. The highest BCUT2D eigenvalue weighted by molar-refractivity contribution is 7.90. The van der Waals surface area contributed by atoms with Crippen LogP contribution in [0, 0.1) is 0 Å². The molecule has 1 amide bonds. The van der Waals surface area contributed by atoms with Gasteiger partial charge in [-0.1, -0.05) is 24.3 Å². The van der Waals surface area contributed by atoms with Crippen molar-refractivity contribution < 1.29 is 22.7 Å². The Hall–Kier alpha value is -3.07. The Labute approximate surface area is 174 Å². The maximum absolute atomic E-state index is 13.0. The van der Waals surface area contributed by atoms with Crippen molar-refractivity contribution in [3.05, 3.63) is 53.6 Å². The zero-order chi connectivity index (χ0) is 20.7. The first-order chi connectivity index (χ1) is 14.5. The lowest BCUT2D eigenvalue weighted by Crippen LogP contribution is -2.45. The molecule has 3 aliphatic rings. The number of benzene rings is 2. The van der Waals surface area contributed by atoms with Crippen LogP contribution in [0.1, 0.15) is 24.0 Å². The Morgan fingerprint density at radius 2 is 1.97 bits per heavy atom. The fourth-order valence-corrected chi connectivity index (χ4v) is 5.38. The number of nitrogens with one attached hydrogen (secondary N) is 1. The molecule has 0 radical (unpaired) electrons. The van der Waals surface area contributed by atoms with E-state index in [9.17, 15) is 13.2 Å². The molecule has 1 atom stereocenters. The van der Waals surface area contributed by atoms with E-state index in [-0.39, 0.29) is 10.8 Å². The highest BCUT2D eigenvalue weighted by Gasteiger charge is 2.39. The lowest BCUT2D eigenvalue weighted by atomic mass is 10.1. The smallest absolute Gasteiger partial charge is 0.285 e. The number of nitrogens with zero attached hydrogens (tertiary/aromatic N) is 2. The van der Waals surface area contributed by atoms with Gasteiger partial charge in [0.05, 0.1) is 0 Å². The van der Waals surface area contributed by atoms with E-state index in [4.69, 9.17) is 9.47 Å². The number of fused-ring (bicyclic) bond motifs is 2. The van der Waals surface area contributed by atoms with Crippen molar-refractivity contribution in [3.63, 3.8) is 0 Å². The first kappa shape index (κ1) is 18.9. The Morgan fingerprint density at radius 3 is 2.87 bits per heavy atom. The van der Waals surface area contributed by atoms with E-state index in [1.165, 1.54) is 0 Å². The quantitative estimate of drug-likeness (QED) is 0.801. The number of rotatable bonds is 3. The van der Waals surface area contributed by atoms with Gasteiger partial charge in [-0.25, -0.2) is 0 Å². The van der Waals surface area contributed by atoms with E-state index in [0.717, 1.165) is 12.0 Å². The number of amidine groups is 1. The fraction of sp³-hybridized carbons (Fsp3) is 0.333. The van der Waals surface area contributed by atoms with Gasteiger partial charge in [-0.15, -0.1) is 4.40 Å². The first-order valence-corrected chi connectivity index (χ1v) is 11.3. The van der Waals surface area contributed by atoms with Gasteiger partial charge in [0, 0.05) is 24.2 Å². The van der Waals surface area contributed by atoms with Crippen molar-refractivity contribution in [1.82, 2.24) is 10.2 Å². The third-order valence-corrected chi connectivity index (χ3v) is 6.87. The first-order valence-electron chi connectivity index (χ1n) is 9.91. The molecule has 3 heterocycles. The maximum Gasteiger partial charge on any atom is 0.285 e. The molecule has 1 N–H and O–H groups in total. The van der Waals surface area contributed by atoms with Crippen molar-refractivity contribution >= 4 is 21.8 Å². The number of carbonyl (C=O) groups excluding carboxylic acids is 1. The number of sulfonamides is 1. The van der Waals surface area contributed by atoms with Crippen LogP contribution in [-0.2, 0) is 21.4 Å². The number of carbonyl (C=O) groups is 1. The predicted octanol–water partition coefficient (Wildman–Crippen LogP) is 1.69. The summed E-state index contributed by atoms with van der Waals surface area (Å²) in [6.45, 7) is 1.87. The minimum absolute atomic E-state index is 0.161. The maximum atomic E-state index is 13.0. The minimum Gasteiger partial charge on any atom is -0.486 e. The average Bonchev–Trinajstić information content (AvgIpc) is 3.35. The SMILES string of the molecule is O=C(NCc1cccc2c1OCCO2)[C@@H]1CCCN1C1=NS(=O)(=O)c2ccccc21. The second-order valence-corrected chi connectivity index (χ2v) is 8.97. The van der Waals surface area contributed by atoms with E-state index in [1.54, 1.807) is 29.2 Å². The van der Waals surface area contributed by atoms with Crippen LogP contribution in [0.4, 0.5) is 0 Å². The van der Waals surface area contributed by atoms with E-state index in [1.807, 2.05) is 18.2 Å². The number of amides is 1. The molecular formula is C21H21N3O5S. The highest BCUT2D eigenvalue weighted by atomic mass is 32.2. The van der Waals surface area contributed by atoms with Crippen molar-refractivity contribution in [2.45, 2.75) is 30.3 Å². The largest absolute Gasteiger partial charge is 0.486 e. The molecule has 5 rings (SSSR count). The number of para-hydroxylation sites is 1. The molecule has 156 valence electrons. The van der Waals surface area contributed by atoms with Crippen LogP contribution in [0.3, 0.4) is 0 Å². The van der Waals surface area contributed by atoms with Crippen LogP contribution in [0.25, 0.3) is 0 Å². The summed E-state index contributed by atoms with van der Waals surface area (Å²) in [5.41, 5.74) is 1.40. The molecule has 0 aliphatic carbocycles. The Kier molecular flexibility index (Phi) is 4.62. The summed E-state index contributed by atoms with van der Waals surface area (Å²) in [7, 11) is -3.72. The molecule has 0 bridgehead atoms. The second-order valence-electron chi connectivity index (χ2n) is 7.40. The Morgan fingerprint density at radius 1 is 1.13 bits per heavy atom. The number of ether oxygens (including phenoxy) is 2. The lowest BCUT2D eigenvalue weighted by Gasteiger charge is -2.26. The van der Waals surface area contributed by atoms with E-state index in [0.29, 0.717) is 55.6 Å². The summed E-state index contributed by atoms with van der Waals surface area (Å²) >= 11 is 0. The summed E-state index contributed by atoms with van der Waals surface area (Å²) in [6.07, 6.45) is 1.43. The zero-order valence-electron chi connectivity index (χ0n) is 16.2. The van der Waals surface area contributed by atoms with Crippen molar-refractivity contribution in [3.8, 4) is 11.5 Å². The van der Waals surface area contributed by atoms with Crippen LogP contribution in [0.2, 0.25) is 0 Å². The molecule has 0 saturated carbocycles. The molecule has 0 aromatic heterocycles. The van der Waals surface area contributed by atoms with Gasteiger partial charge in [0.25, 0.3) is 10.0 Å². The summed E-state index contributed by atoms with van der Waals surface area (Å²) in [6, 6.07) is 11.9. The van der Waals surface area contributed by atoms with E-state index < -0.39 is 16.1 Å². The predicted molar refractivity (Wildman–Crippen MR) is 109 cm³/mol. The Balaban J connectivity index is 1.35. The third kappa shape index (κ3) is 3.19. The van der Waals surface area contributed by atoms with Gasteiger partial charge >= 0.3 is 0 Å². The van der Waals surface area contributed by atoms with Gasteiger partial charge in [-0.05, 0) is 31.0 Å². The Bertz CT molecular complexity index is 1150. The van der Waals surface area contributed by atoms with Crippen LogP contribution in [0.15, 0.2) is 51.8 Å². The second kappa shape index (κ2) is 7.32. The van der Waals surface area contributed by atoms with Crippen LogP contribution < -0.4 is 14.8 Å². The highest BCUT2D eigenvalue weighted by Crippen LogP contribution is 2.34. The minimum atomic E-state index is -3.72. The summed E-state index contributed by atoms with van der Waals surface area (Å²) in [5.74, 6) is 1.54. The number of hydrogen-bond acceptors (Lipinski definition) is 6. The van der Waals surface area contributed by atoms with Gasteiger partial charge in [-0.3, -0.25) is 4.79 Å². The van der Waals surface area contributed by atoms with Gasteiger partial charge in [0.1, 0.15) is 24.2 Å². The molecule has 2 aromatic rings. The van der Waals surface area contributed by atoms with E-state index >= 15 is 0 Å². The number of likely N-dealkylation sites (tertiary alicyclic amines) is 1. The average molecular weight is 427 g/mol. The summed E-state index contributed by atoms with van der Waals surface area (Å²) in [5, 5.41) is 2.97. The molecule has 0 unspecified atom stereocenters. The van der Waals surface area contributed by atoms with Gasteiger partial charge < -0.3 is 19.7 Å². The molecule has 0 spiro atoms. The topological polar surface area (TPSA) is 97.3 Å². The van der Waals surface area contributed by atoms with Gasteiger partial charge in [0.2, 0.25) is 5.91 Å². The molecule has 9 heteroatoms. The van der Waals surface area contributed by atoms with Crippen LogP contribution in [-0.4, -0.2) is 50.9 Å². The zero-order valence-corrected chi connectivity index (χ0v) is 17.0. The summed E-state index contributed by atoms with van der Waals surface area (Å²) < 4.78 is 40.1. The van der Waals surface area contributed by atoms with Gasteiger partial charge in [-0.2, -0.15) is 8.42 Å². The lowest BCUT2D eigenvalue weighted by molar-refractivity contribution is -0.124. The summed E-state index contributed by atoms with van der Waals surface area (Å²) in [4.78, 5) is 15.0. The van der Waals surface area contributed by atoms with Crippen molar-refractivity contribution in [2.24, 2.45) is 4.40 Å². The molecular weight excluding hydrogens is 406 g/mol. The van der Waals surface area contributed by atoms with E-state index in [2.05, 4.69) is 9.71 Å². The fourth-order valence-electron chi connectivity index (χ4n) is 4.16. The number of hydrogen-bond donors (Lipinski definition) is 1. The monoisotopic (exact) mass is 427 g/mol. The molecule has 1 saturated heterocycles. The standard InChI is InChI=1S/C21H21N3O5S/c25-21(22-13-14-5-3-8-17-19(14)29-12-11-28-17)16-7-4-10-24(16)20-15-6-1-2-9-18(15)30(26,27)23-20/h1-3,5-6,8-9,16H,4,7,10-13H2,(H,22,25)/t16-/m0/s1. The van der Waals surface area contributed by atoms with Crippen molar-refractivity contribution in [1.29, 1.82) is 0 Å². The normalized spacial score (nSPS) is 21.1.